The van der Waals surface area contributed by atoms with Gasteiger partial charge >= 0.3 is 0 Å². The molecule has 137 heavy (non-hydrogen) atoms. The SMILES string of the molecule is CCCCC[C@@H]1NC(=O)CNC(=O)[C@H](CO)NC(=O)[C@H](C(C)C)NC(=O)[C@H](Cc2ccc(O)cc2)NC(=O)[C@H](C)N(C)C(=O)[C@@H]2CCCN2C(=O)CN(C)C(=O)[C@H](CC(C)C)NC(=O)[C@H](Cc2ccccc2)NC(=O)CNC[C@@H](C(=O)CCC(N)=O)NC(=O)[C@@H]2CCCN2C(=O)[C@H](Cc2ccccc2)N(C)C(=O)[C@H](Cc2ccc(O)cc2)NC(=O)CN(C)C(=O)[C@H](Cc2ccccc2)N(C)C1=O. The number of carbonyl (C=O) groups is 18. The van der Waals surface area contributed by atoms with Gasteiger partial charge in [0.2, 0.25) is 100 Å². The molecule has 742 valence electrons. The van der Waals surface area contributed by atoms with Crippen molar-refractivity contribution >= 4 is 106 Å². The first kappa shape index (κ1) is 109. The molecular formula is C98H134N18O21. The first-order valence-electron chi connectivity index (χ1n) is 46.5. The van der Waals surface area contributed by atoms with Gasteiger partial charge in [-0.2, -0.15) is 0 Å². The molecular weight excluding hydrogens is 1770 g/mol. The first-order chi connectivity index (χ1) is 65.2. The lowest BCUT2D eigenvalue weighted by Crippen LogP contribution is -2.61. The number of primary amides is 1. The van der Waals surface area contributed by atoms with E-state index in [1.807, 2.05) is 6.92 Å². The third-order valence-corrected chi connectivity index (χ3v) is 24.7. The minimum Gasteiger partial charge on any atom is -0.508 e. The maximum absolute atomic E-state index is 15.6. The molecule has 13 atom stereocenters. The molecule has 3 aliphatic heterocycles. The molecule has 39 nitrogen and oxygen atoms in total. The monoisotopic (exact) mass is 1900 g/mol. The fraction of sp³-hybridized carbons (Fsp3) is 0.510. The Hall–Kier alpha value is -13.7. The van der Waals surface area contributed by atoms with Gasteiger partial charge in [0.25, 0.3) is 0 Å². The van der Waals surface area contributed by atoms with E-state index in [-0.39, 0.29) is 94.7 Å². The number of benzene rings is 5. The molecule has 17 amide bonds. The summed E-state index contributed by atoms with van der Waals surface area (Å²) in [6.45, 7) is 5.85. The van der Waals surface area contributed by atoms with Gasteiger partial charge < -0.3 is 109 Å². The maximum atomic E-state index is 15.6. The van der Waals surface area contributed by atoms with Crippen LogP contribution in [0.1, 0.15) is 140 Å². The number of likely N-dealkylation sites (N-methyl/N-ethyl adjacent to an activating group) is 5. The van der Waals surface area contributed by atoms with Gasteiger partial charge in [0.1, 0.15) is 84.0 Å². The zero-order valence-electron chi connectivity index (χ0n) is 79.8. The minimum atomic E-state index is -1.76. The third-order valence-electron chi connectivity index (χ3n) is 24.7. The van der Waals surface area contributed by atoms with Crippen molar-refractivity contribution in [2.75, 3.05) is 87.7 Å². The summed E-state index contributed by atoms with van der Waals surface area (Å²) in [6.07, 6.45) is 0.746. The van der Waals surface area contributed by atoms with E-state index in [1.165, 1.54) is 100 Å². The second-order valence-corrected chi connectivity index (χ2v) is 36.1. The average Bonchev–Trinajstić information content (AvgIpc) is 1.73. The van der Waals surface area contributed by atoms with Crippen LogP contribution in [-0.2, 0) is 118 Å². The maximum Gasteiger partial charge on any atom is 0.246 e. The number of aliphatic hydroxyl groups is 1. The molecule has 5 aromatic carbocycles. The quantitative estimate of drug-likeness (QED) is 0.0396. The van der Waals surface area contributed by atoms with Crippen molar-refractivity contribution in [1.82, 2.24) is 87.5 Å². The van der Waals surface area contributed by atoms with E-state index >= 15 is 19.2 Å². The second-order valence-electron chi connectivity index (χ2n) is 36.1. The van der Waals surface area contributed by atoms with Crippen LogP contribution in [0.4, 0.5) is 0 Å². The molecule has 0 aliphatic carbocycles. The van der Waals surface area contributed by atoms with Crippen molar-refractivity contribution in [2.45, 2.75) is 223 Å². The zero-order valence-corrected chi connectivity index (χ0v) is 79.8. The topological polar surface area (TPSA) is 537 Å². The molecule has 3 fully saturated rings. The zero-order chi connectivity index (χ0) is 100. The van der Waals surface area contributed by atoms with E-state index in [4.69, 9.17) is 5.73 Å². The molecule has 15 N–H and O–H groups in total. The van der Waals surface area contributed by atoms with Crippen LogP contribution in [0.5, 0.6) is 11.5 Å². The largest absolute Gasteiger partial charge is 0.508 e. The van der Waals surface area contributed by atoms with Gasteiger partial charge in [-0.1, -0.05) is 169 Å². The molecule has 0 bridgehead atoms. The standard InChI is InChI=1S/C98H134N18O21/c1-12-13-17-32-69-94(133)113(10)78(51-63-28-20-15-21-29-63)96(135)110(7)56-84(124)104-73(50-66-37-41-68(119)42-38-66)95(134)114(11)79(52-64-30-22-16-23-31-64)98(137)116-46-24-33-76(116)91(130)107-74(80(120)43-44-81(99)121)53-100-54-82(122)103-70(48-62-26-18-14-19-27-62)89(128)106-72(47-59(2)3)93(132)111(8)57-85(125)115-45-25-34-77(115)97(136)112(9)61(6)87(126)105-71(49-65-35-39-67(118)40-36-65)90(129)109-86(60(4)5)92(131)108-75(58-117)88(127)101-55-83(123)102-69/h14-16,18-23,26-31,35-42,59-61,69-79,86,100,117-119H,12-13,17,24-25,32-34,43-58H2,1-11H3,(H2,99,121)(H,101,127)(H,102,123)(H,103,122)(H,104,124)(H,105,126)(H,106,128)(H,107,130)(H,108,131)(H,109,129)/t61-,69-,70-,71-,72-,73-,74-,75-,76-,77-,78-,79-,86-/m0/s1. The van der Waals surface area contributed by atoms with Gasteiger partial charge in [-0.3, -0.25) is 86.3 Å². The molecule has 39 heteroatoms. The minimum absolute atomic E-state index is 0.0193. The third kappa shape index (κ3) is 32.5. The van der Waals surface area contributed by atoms with Crippen molar-refractivity contribution in [2.24, 2.45) is 17.6 Å². The van der Waals surface area contributed by atoms with Gasteiger partial charge in [-0.05, 0) is 109 Å². The highest BCUT2D eigenvalue weighted by atomic mass is 16.3. The Kier molecular flexibility index (Phi) is 42.0. The molecule has 5 aromatic rings. The first-order valence-corrected chi connectivity index (χ1v) is 46.5. The molecule has 8 rings (SSSR count). The molecule has 0 saturated carbocycles. The summed E-state index contributed by atoms with van der Waals surface area (Å²) in [5.41, 5.74) is 8.11. The Morgan fingerprint density at radius 1 is 0.431 bits per heavy atom. The highest BCUT2D eigenvalue weighted by molar-refractivity contribution is 6.01. The lowest BCUT2D eigenvalue weighted by atomic mass is 10.00. The predicted octanol–water partition coefficient (Wildman–Crippen LogP) is -0.282. The average molecular weight is 1900 g/mol. The van der Waals surface area contributed by atoms with Crippen LogP contribution in [-0.4, -0.2) is 322 Å². The van der Waals surface area contributed by atoms with Crippen molar-refractivity contribution in [3.05, 3.63) is 167 Å². The van der Waals surface area contributed by atoms with Crippen LogP contribution in [0.15, 0.2) is 140 Å². The van der Waals surface area contributed by atoms with E-state index in [0.29, 0.717) is 53.5 Å². The number of Topliss-reactive ketones (excluding diaryl/α,β-unsaturated/α-hetero) is 1. The Balaban J connectivity index is 1.13. The summed E-state index contributed by atoms with van der Waals surface area (Å²) in [5, 5.41) is 58.0. The number of amides is 17. The van der Waals surface area contributed by atoms with Crippen molar-refractivity contribution in [1.29, 1.82) is 0 Å². The van der Waals surface area contributed by atoms with Crippen molar-refractivity contribution in [3.63, 3.8) is 0 Å². The van der Waals surface area contributed by atoms with Gasteiger partial charge in [-0.15, -0.1) is 0 Å². The van der Waals surface area contributed by atoms with Gasteiger partial charge in [-0.25, -0.2) is 0 Å². The second kappa shape index (κ2) is 53.0. The summed E-state index contributed by atoms with van der Waals surface area (Å²) in [6, 6.07) is 18.9. The summed E-state index contributed by atoms with van der Waals surface area (Å²) in [4.78, 5) is 270. The lowest BCUT2D eigenvalue weighted by molar-refractivity contribution is -0.149. The highest BCUT2D eigenvalue weighted by Crippen LogP contribution is 2.27. The predicted molar refractivity (Wildman–Crippen MR) is 504 cm³/mol. The van der Waals surface area contributed by atoms with E-state index in [2.05, 4.69) is 53.2 Å². The highest BCUT2D eigenvalue weighted by Gasteiger charge is 2.45. The van der Waals surface area contributed by atoms with E-state index in [1.54, 1.807) is 119 Å². The molecule has 3 heterocycles. The van der Waals surface area contributed by atoms with Gasteiger partial charge in [0, 0.05) is 99.8 Å². The fourth-order valence-electron chi connectivity index (χ4n) is 16.7. The number of aliphatic hydroxyl groups excluding tert-OH is 1. The Morgan fingerprint density at radius 2 is 0.898 bits per heavy atom. The number of hydrogen-bond acceptors (Lipinski definition) is 22. The lowest BCUT2D eigenvalue weighted by Gasteiger charge is -2.35. The van der Waals surface area contributed by atoms with Gasteiger partial charge in [0.15, 0.2) is 5.78 Å². The Labute approximate surface area is 798 Å². The summed E-state index contributed by atoms with van der Waals surface area (Å²) in [5.74, 6) is -15.9. The normalized spacial score (nSPS) is 24.1. The van der Waals surface area contributed by atoms with Crippen LogP contribution in [0.25, 0.3) is 0 Å². The number of nitrogens with one attached hydrogen (secondary N) is 10. The number of unbranched alkanes of at least 4 members (excludes halogenated alkanes) is 2. The molecule has 0 spiro atoms. The van der Waals surface area contributed by atoms with Crippen molar-refractivity contribution in [3.8, 4) is 11.5 Å². The number of phenolic OH excluding ortho intramolecular Hbond substituents is 2. The van der Waals surface area contributed by atoms with E-state index < -0.39 is 243 Å². The van der Waals surface area contributed by atoms with Gasteiger partial charge in [0.05, 0.1) is 38.8 Å². The number of rotatable bonds is 22. The fourth-order valence-corrected chi connectivity index (χ4v) is 16.7. The van der Waals surface area contributed by atoms with Crippen LogP contribution < -0.4 is 58.9 Å². The summed E-state index contributed by atoms with van der Waals surface area (Å²) in [7, 11) is 6.68. The van der Waals surface area contributed by atoms with E-state index in [0.717, 1.165) is 24.5 Å². The number of ketones is 1. The van der Waals surface area contributed by atoms with Crippen LogP contribution in [0.2, 0.25) is 0 Å². The Morgan fingerprint density at radius 3 is 1.44 bits per heavy atom. The van der Waals surface area contributed by atoms with E-state index in [9.17, 15) is 82.4 Å². The summed E-state index contributed by atoms with van der Waals surface area (Å²) < 4.78 is 0. The van der Waals surface area contributed by atoms with Crippen LogP contribution >= 0.6 is 0 Å². The number of fused-ring (bicyclic) bond motifs is 2. The summed E-state index contributed by atoms with van der Waals surface area (Å²) >= 11 is 0. The smallest absolute Gasteiger partial charge is 0.246 e. The number of carbonyl (C=O) groups excluding carboxylic acids is 18. The van der Waals surface area contributed by atoms with Crippen LogP contribution in [0.3, 0.4) is 0 Å². The number of aromatic hydroxyl groups is 2. The molecule has 0 radical (unpaired) electrons. The van der Waals surface area contributed by atoms with Crippen LogP contribution in [0, 0.1) is 11.8 Å². The molecule has 0 aromatic heterocycles. The number of hydrogen-bond donors (Lipinski definition) is 14. The van der Waals surface area contributed by atoms with Crippen molar-refractivity contribution < 1.29 is 102 Å². The number of nitrogens with zero attached hydrogens (tertiary/aromatic N) is 7. The number of nitrogens with two attached hydrogens (primary N) is 1. The molecule has 3 aliphatic rings. The Bertz CT molecular complexity index is 5020. The molecule has 0 unspecified atom stereocenters. The molecule has 3 saturated heterocycles. The number of phenols is 2.